The van der Waals surface area contributed by atoms with E-state index in [4.69, 9.17) is 4.74 Å². The summed E-state index contributed by atoms with van der Waals surface area (Å²) in [5.41, 5.74) is 2.08. The van der Waals surface area contributed by atoms with E-state index in [1.807, 2.05) is 25.1 Å². The first-order chi connectivity index (χ1) is 17.7. The van der Waals surface area contributed by atoms with E-state index in [0.29, 0.717) is 26.9 Å². The van der Waals surface area contributed by atoms with Crippen molar-refractivity contribution in [2.45, 2.75) is 23.1 Å². The molecule has 0 aliphatic carbocycles. The van der Waals surface area contributed by atoms with Crippen LogP contribution in [0.15, 0.2) is 58.4 Å². The van der Waals surface area contributed by atoms with Gasteiger partial charge in [-0.05, 0) is 24.6 Å². The van der Waals surface area contributed by atoms with Crippen LogP contribution in [0.4, 0.5) is 5.69 Å². The molecule has 0 bridgehead atoms. The van der Waals surface area contributed by atoms with Gasteiger partial charge in [-0.3, -0.25) is 28.9 Å². The number of nitrogens with one attached hydrogen (secondary N) is 2. The maximum atomic E-state index is 13.3. The van der Waals surface area contributed by atoms with Crippen molar-refractivity contribution in [1.29, 1.82) is 0 Å². The molecule has 5 rings (SSSR count). The van der Waals surface area contributed by atoms with Gasteiger partial charge in [-0.1, -0.05) is 59.5 Å². The topological polar surface area (TPSA) is 146 Å². The molecule has 3 N–H and O–H groups in total. The van der Waals surface area contributed by atoms with Gasteiger partial charge in [0.05, 0.1) is 10.9 Å². The molecule has 2 aromatic carbocycles. The van der Waals surface area contributed by atoms with Crippen molar-refractivity contribution >= 4 is 52.5 Å². The molecule has 1 fully saturated rings. The number of para-hydroxylation sites is 2. The number of aromatic nitrogens is 1. The van der Waals surface area contributed by atoms with Crippen molar-refractivity contribution in [3.8, 4) is 5.75 Å². The zero-order valence-corrected chi connectivity index (χ0v) is 21.1. The fourth-order valence-corrected chi connectivity index (χ4v) is 7.14. The quantitative estimate of drug-likeness (QED) is 0.388. The van der Waals surface area contributed by atoms with E-state index >= 15 is 0 Å². The molecule has 3 aromatic rings. The van der Waals surface area contributed by atoms with Crippen LogP contribution in [-0.4, -0.2) is 57.1 Å². The second-order valence-corrected chi connectivity index (χ2v) is 10.8. The molecule has 2 aliphatic rings. The third kappa shape index (κ3) is 4.65. The smallest absolute Gasteiger partial charge is 0.323 e. The first kappa shape index (κ1) is 24.8. The summed E-state index contributed by atoms with van der Waals surface area (Å²) in [5.74, 6) is -4.25. The van der Waals surface area contributed by atoms with E-state index in [2.05, 4.69) is 10.3 Å². The van der Waals surface area contributed by atoms with Gasteiger partial charge in [0.2, 0.25) is 11.8 Å². The Morgan fingerprint density at radius 2 is 1.81 bits per heavy atom. The minimum absolute atomic E-state index is 0.310. The van der Waals surface area contributed by atoms with Gasteiger partial charge in [-0.2, -0.15) is 0 Å². The van der Waals surface area contributed by atoms with Gasteiger partial charge in [-0.15, -0.1) is 0 Å². The van der Waals surface area contributed by atoms with Crippen LogP contribution in [0, 0.1) is 12.8 Å². The van der Waals surface area contributed by atoms with Gasteiger partial charge in [0, 0.05) is 22.0 Å². The lowest BCUT2D eigenvalue weighted by Crippen LogP contribution is -2.36. The normalized spacial score (nSPS) is 20.4. The summed E-state index contributed by atoms with van der Waals surface area (Å²) in [5, 5.41) is 11.6. The number of aryl methyl sites for hydroxylation is 1. The maximum absolute atomic E-state index is 13.3. The third-order valence-corrected chi connectivity index (χ3v) is 8.64. The van der Waals surface area contributed by atoms with Crippen LogP contribution in [0.3, 0.4) is 0 Å². The molecule has 12 heteroatoms. The minimum atomic E-state index is -1.30. The van der Waals surface area contributed by atoms with Crippen LogP contribution in [0.2, 0.25) is 0 Å². The number of aromatic amines is 1. The molecule has 190 valence electrons. The number of thioether (sulfide) groups is 1. The van der Waals surface area contributed by atoms with Gasteiger partial charge in [0.15, 0.2) is 6.61 Å². The van der Waals surface area contributed by atoms with E-state index < -0.39 is 41.4 Å². The molecule has 0 radical (unpaired) electrons. The number of hydrogen-bond acceptors (Lipinski definition) is 8. The van der Waals surface area contributed by atoms with Gasteiger partial charge >= 0.3 is 10.8 Å². The number of fused-ring (bicyclic) bond motifs is 2. The van der Waals surface area contributed by atoms with Gasteiger partial charge < -0.3 is 20.1 Å². The number of rotatable bonds is 7. The second-order valence-electron chi connectivity index (χ2n) is 8.60. The van der Waals surface area contributed by atoms with Crippen LogP contribution in [0.5, 0.6) is 5.75 Å². The number of carboxylic acid groups (broad SMARTS) is 1. The lowest BCUT2D eigenvalue weighted by Gasteiger charge is -2.30. The number of benzene rings is 2. The molecule has 2 unspecified atom stereocenters. The number of ether oxygens (including phenoxy) is 1. The number of carbonyl (C=O) groups excluding carboxylic acids is 3. The number of hydrogen-bond donors (Lipinski definition) is 3. The molecular formula is C25H21N3O7S2. The monoisotopic (exact) mass is 539 g/mol. The van der Waals surface area contributed by atoms with Crippen molar-refractivity contribution < 1.29 is 29.0 Å². The van der Waals surface area contributed by atoms with E-state index in [1.165, 1.54) is 0 Å². The predicted octanol–water partition coefficient (Wildman–Crippen LogP) is 2.44. The Morgan fingerprint density at radius 3 is 2.57 bits per heavy atom. The van der Waals surface area contributed by atoms with Crippen molar-refractivity contribution in [3.63, 3.8) is 0 Å². The molecule has 37 heavy (non-hydrogen) atoms. The highest BCUT2D eigenvalue weighted by Crippen LogP contribution is 2.53. The van der Waals surface area contributed by atoms with Crippen molar-refractivity contribution in [3.05, 3.63) is 74.2 Å². The largest absolute Gasteiger partial charge is 0.483 e. The summed E-state index contributed by atoms with van der Waals surface area (Å²) in [7, 11) is 0. The molecule has 1 aromatic heterocycles. The summed E-state index contributed by atoms with van der Waals surface area (Å²) in [6.45, 7) is 0.825. The van der Waals surface area contributed by atoms with E-state index in [0.717, 1.165) is 33.6 Å². The highest BCUT2D eigenvalue weighted by Gasteiger charge is 2.56. The molecule has 3 atom stereocenters. The summed E-state index contributed by atoms with van der Waals surface area (Å²) in [4.78, 5) is 66.2. The zero-order chi connectivity index (χ0) is 26.3. The van der Waals surface area contributed by atoms with Crippen LogP contribution in [0.1, 0.15) is 21.9 Å². The molecule has 2 aliphatic heterocycles. The number of imide groups is 1. The Hall–Kier alpha value is -3.90. The molecule has 10 nitrogen and oxygen atoms in total. The summed E-state index contributed by atoms with van der Waals surface area (Å²) in [6, 6.07) is 14.1. The first-order valence-electron chi connectivity index (χ1n) is 11.3. The van der Waals surface area contributed by atoms with Crippen LogP contribution in [0.25, 0.3) is 0 Å². The number of likely N-dealkylation sites (tertiary alicyclic amines) is 1. The second kappa shape index (κ2) is 9.87. The number of carbonyl (C=O) groups is 4. The molecular weight excluding hydrogens is 518 g/mol. The number of anilines is 1. The maximum Gasteiger partial charge on any atom is 0.323 e. The fraction of sp³-hybridized carbons (Fsp3) is 0.240. The number of amides is 3. The molecule has 3 amide bonds. The van der Waals surface area contributed by atoms with E-state index in [9.17, 15) is 29.1 Å². The van der Waals surface area contributed by atoms with E-state index in [1.54, 1.807) is 30.3 Å². The summed E-state index contributed by atoms with van der Waals surface area (Å²) in [6.07, 6.45) is 0. The Kier molecular flexibility index (Phi) is 6.61. The Bertz CT molecular complexity index is 1480. The Morgan fingerprint density at radius 1 is 1.08 bits per heavy atom. The number of carboxylic acids is 1. The number of nitrogens with zero attached hydrogens (tertiary/aromatic N) is 1. The number of thiazole rings is 1. The van der Waals surface area contributed by atoms with Crippen molar-refractivity contribution in [2.24, 2.45) is 5.92 Å². The predicted molar refractivity (Wildman–Crippen MR) is 136 cm³/mol. The summed E-state index contributed by atoms with van der Waals surface area (Å²) >= 11 is 1.99. The van der Waals surface area contributed by atoms with Crippen molar-refractivity contribution in [2.75, 3.05) is 18.5 Å². The SMILES string of the molecule is Cc1ccccc1NC(=O)COc1ccccc1[C@H]1c2sc(=O)[nH]c2SC2C(=O)N(CC(=O)O)C(=O)C21. The van der Waals surface area contributed by atoms with Crippen LogP contribution < -0.4 is 14.9 Å². The lowest BCUT2D eigenvalue weighted by atomic mass is 9.82. The lowest BCUT2D eigenvalue weighted by molar-refractivity contribution is -0.149. The zero-order valence-electron chi connectivity index (χ0n) is 19.4. The van der Waals surface area contributed by atoms with Crippen molar-refractivity contribution in [1.82, 2.24) is 9.88 Å². The highest BCUT2D eigenvalue weighted by molar-refractivity contribution is 8.00. The number of H-pyrrole nitrogens is 1. The molecule has 0 spiro atoms. The average Bonchev–Trinajstić information content (AvgIpc) is 3.35. The third-order valence-electron chi connectivity index (χ3n) is 6.24. The Labute approximate surface area is 218 Å². The average molecular weight is 540 g/mol. The van der Waals surface area contributed by atoms with Crippen LogP contribution in [-0.2, 0) is 19.2 Å². The summed E-state index contributed by atoms with van der Waals surface area (Å²) < 4.78 is 5.88. The molecule has 1 saturated heterocycles. The van der Waals surface area contributed by atoms with Gasteiger partial charge in [-0.25, -0.2) is 0 Å². The first-order valence-corrected chi connectivity index (χ1v) is 13.0. The Balaban J connectivity index is 1.47. The van der Waals surface area contributed by atoms with E-state index in [-0.39, 0.29) is 17.4 Å². The molecule has 0 saturated carbocycles. The van der Waals surface area contributed by atoms with Crippen LogP contribution >= 0.6 is 23.1 Å². The standard InChI is InChI=1S/C25H21N3O7S2/c1-12-6-2-4-8-14(12)26-16(29)11-35-15-9-5-3-7-13(15)18-19-21(36-22-20(18)37-25(34)27-22)24(33)28(23(19)32)10-17(30)31/h2-9,18-19,21H,10-11H2,1H3,(H,26,29)(H,27,34)(H,30,31)/t18-,19?,21?/m1/s1. The fourth-order valence-electron chi connectivity index (χ4n) is 4.61. The minimum Gasteiger partial charge on any atom is -0.483 e. The van der Waals surface area contributed by atoms with Gasteiger partial charge in [0.1, 0.15) is 17.5 Å². The van der Waals surface area contributed by atoms with Gasteiger partial charge in [0.25, 0.3) is 5.91 Å². The molecule has 3 heterocycles. The number of aliphatic carboxylic acids is 1. The highest BCUT2D eigenvalue weighted by atomic mass is 32.2.